The van der Waals surface area contributed by atoms with Gasteiger partial charge in [0, 0.05) is 18.8 Å². The first kappa shape index (κ1) is 12.9. The number of pyridine rings is 1. The Balaban J connectivity index is 2.41. The summed E-state index contributed by atoms with van der Waals surface area (Å²) in [6.45, 7) is 8.08. The van der Waals surface area contributed by atoms with E-state index in [0.717, 1.165) is 41.6 Å². The van der Waals surface area contributed by atoms with Crippen molar-refractivity contribution in [2.75, 3.05) is 18.0 Å². The van der Waals surface area contributed by atoms with Crippen molar-refractivity contribution in [3.8, 4) is 0 Å². The average Bonchev–Trinajstić information content (AvgIpc) is 3.07. The summed E-state index contributed by atoms with van der Waals surface area (Å²) in [6.07, 6.45) is 2.66. The van der Waals surface area contributed by atoms with E-state index in [1.807, 2.05) is 13.8 Å². The summed E-state index contributed by atoms with van der Waals surface area (Å²) >= 11 is 0. The predicted octanol–water partition coefficient (Wildman–Crippen LogP) is 2.22. The highest BCUT2D eigenvalue weighted by atomic mass is 15.1. The SMILES string of the molecule is CCN(CC1CC1)c1cc(C)nc(C)c1C(=N)N. The first-order valence-electron chi connectivity index (χ1n) is 6.60. The lowest BCUT2D eigenvalue weighted by molar-refractivity contribution is 0.739. The number of anilines is 1. The number of amidine groups is 1. The lowest BCUT2D eigenvalue weighted by atomic mass is 10.1. The average molecular weight is 246 g/mol. The van der Waals surface area contributed by atoms with E-state index < -0.39 is 0 Å². The Bertz CT molecular complexity index is 463. The molecule has 0 saturated heterocycles. The molecule has 1 heterocycles. The van der Waals surface area contributed by atoms with Crippen LogP contribution in [0.4, 0.5) is 5.69 Å². The first-order chi connectivity index (χ1) is 8.52. The Morgan fingerprint density at radius 3 is 2.67 bits per heavy atom. The smallest absolute Gasteiger partial charge is 0.126 e. The summed E-state index contributed by atoms with van der Waals surface area (Å²) < 4.78 is 0. The molecule has 0 spiro atoms. The zero-order valence-electron chi connectivity index (χ0n) is 11.5. The Hall–Kier alpha value is -1.58. The zero-order chi connectivity index (χ0) is 13.3. The van der Waals surface area contributed by atoms with E-state index in [4.69, 9.17) is 11.1 Å². The normalized spacial score (nSPS) is 14.6. The minimum absolute atomic E-state index is 0.115. The third kappa shape index (κ3) is 2.63. The minimum atomic E-state index is 0.115. The summed E-state index contributed by atoms with van der Waals surface area (Å²) in [5.41, 5.74) is 9.43. The van der Waals surface area contributed by atoms with Crippen LogP contribution in [0.15, 0.2) is 6.07 Å². The number of aryl methyl sites for hydroxylation is 2. The molecule has 1 aliphatic carbocycles. The van der Waals surface area contributed by atoms with Gasteiger partial charge in [0.05, 0.1) is 16.9 Å². The summed E-state index contributed by atoms with van der Waals surface area (Å²) in [5, 5.41) is 7.77. The van der Waals surface area contributed by atoms with Crippen molar-refractivity contribution in [1.82, 2.24) is 4.98 Å². The molecule has 4 heteroatoms. The summed E-state index contributed by atoms with van der Waals surface area (Å²) in [4.78, 5) is 6.75. The minimum Gasteiger partial charge on any atom is -0.384 e. The molecule has 18 heavy (non-hydrogen) atoms. The van der Waals surface area contributed by atoms with Gasteiger partial charge in [0.2, 0.25) is 0 Å². The topological polar surface area (TPSA) is 66.0 Å². The lowest BCUT2D eigenvalue weighted by Gasteiger charge is -2.26. The zero-order valence-corrected chi connectivity index (χ0v) is 11.5. The molecule has 0 bridgehead atoms. The van der Waals surface area contributed by atoms with Crippen molar-refractivity contribution in [3.05, 3.63) is 23.0 Å². The molecule has 1 saturated carbocycles. The van der Waals surface area contributed by atoms with Crippen molar-refractivity contribution in [1.29, 1.82) is 5.41 Å². The fourth-order valence-electron chi connectivity index (χ4n) is 2.40. The van der Waals surface area contributed by atoms with Gasteiger partial charge in [-0.15, -0.1) is 0 Å². The van der Waals surface area contributed by atoms with Gasteiger partial charge in [0.25, 0.3) is 0 Å². The van der Waals surface area contributed by atoms with E-state index >= 15 is 0 Å². The maximum absolute atomic E-state index is 7.77. The number of nitrogens with zero attached hydrogens (tertiary/aromatic N) is 2. The molecule has 1 fully saturated rings. The van der Waals surface area contributed by atoms with E-state index in [0.29, 0.717) is 0 Å². The highest BCUT2D eigenvalue weighted by molar-refractivity contribution is 6.01. The van der Waals surface area contributed by atoms with Crippen LogP contribution >= 0.6 is 0 Å². The van der Waals surface area contributed by atoms with Crippen molar-refractivity contribution in [2.24, 2.45) is 11.7 Å². The van der Waals surface area contributed by atoms with Gasteiger partial charge < -0.3 is 10.6 Å². The number of nitrogens with one attached hydrogen (secondary N) is 1. The third-order valence-corrected chi connectivity index (χ3v) is 3.47. The summed E-state index contributed by atoms with van der Waals surface area (Å²) in [6, 6.07) is 2.05. The van der Waals surface area contributed by atoms with Crippen LogP contribution in [0, 0.1) is 25.2 Å². The Morgan fingerprint density at radius 2 is 2.17 bits per heavy atom. The molecular formula is C14H22N4. The molecule has 1 aliphatic rings. The van der Waals surface area contributed by atoms with Gasteiger partial charge in [-0.1, -0.05) is 0 Å². The van der Waals surface area contributed by atoms with E-state index in [-0.39, 0.29) is 5.84 Å². The van der Waals surface area contributed by atoms with Crippen LogP contribution in [-0.2, 0) is 0 Å². The molecule has 0 aliphatic heterocycles. The third-order valence-electron chi connectivity index (χ3n) is 3.47. The van der Waals surface area contributed by atoms with Crippen LogP contribution in [-0.4, -0.2) is 23.9 Å². The molecular weight excluding hydrogens is 224 g/mol. The summed E-state index contributed by atoms with van der Waals surface area (Å²) in [5.74, 6) is 0.933. The van der Waals surface area contributed by atoms with Crippen LogP contribution in [0.3, 0.4) is 0 Å². The monoisotopic (exact) mass is 246 g/mol. The van der Waals surface area contributed by atoms with Crippen molar-refractivity contribution in [3.63, 3.8) is 0 Å². The molecule has 0 amide bonds. The fourth-order valence-corrected chi connectivity index (χ4v) is 2.40. The Kier molecular flexibility index (Phi) is 3.55. The molecule has 0 aromatic carbocycles. The van der Waals surface area contributed by atoms with Gasteiger partial charge in [-0.2, -0.15) is 0 Å². The van der Waals surface area contributed by atoms with Crippen LogP contribution in [0.1, 0.15) is 36.7 Å². The maximum Gasteiger partial charge on any atom is 0.126 e. The summed E-state index contributed by atoms with van der Waals surface area (Å²) in [7, 11) is 0. The number of nitrogens with two attached hydrogens (primary N) is 1. The van der Waals surface area contributed by atoms with Crippen molar-refractivity contribution < 1.29 is 0 Å². The number of aromatic nitrogens is 1. The predicted molar refractivity (Wildman–Crippen MR) is 75.3 cm³/mol. The molecule has 3 N–H and O–H groups in total. The standard InChI is InChI=1S/C14H22N4/c1-4-18(8-11-5-6-11)12-7-9(2)17-10(3)13(12)14(15)16/h7,11H,4-6,8H2,1-3H3,(H3,15,16). The number of rotatable bonds is 5. The van der Waals surface area contributed by atoms with Crippen molar-refractivity contribution >= 4 is 11.5 Å². The highest BCUT2D eigenvalue weighted by Gasteiger charge is 2.25. The number of hydrogen-bond acceptors (Lipinski definition) is 3. The fraction of sp³-hybridized carbons (Fsp3) is 0.571. The largest absolute Gasteiger partial charge is 0.384 e. The van der Waals surface area contributed by atoms with Gasteiger partial charge in [-0.3, -0.25) is 10.4 Å². The molecule has 0 unspecified atom stereocenters. The molecule has 1 aromatic heterocycles. The molecule has 0 radical (unpaired) electrons. The highest BCUT2D eigenvalue weighted by Crippen LogP contribution is 2.33. The molecule has 98 valence electrons. The van der Waals surface area contributed by atoms with E-state index in [1.165, 1.54) is 12.8 Å². The second kappa shape index (κ2) is 4.96. The number of nitrogen functional groups attached to an aromatic ring is 1. The first-order valence-corrected chi connectivity index (χ1v) is 6.60. The number of hydrogen-bond donors (Lipinski definition) is 2. The van der Waals surface area contributed by atoms with Gasteiger partial charge >= 0.3 is 0 Å². The van der Waals surface area contributed by atoms with Gasteiger partial charge in [-0.05, 0) is 45.6 Å². The van der Waals surface area contributed by atoms with Crippen LogP contribution < -0.4 is 10.6 Å². The van der Waals surface area contributed by atoms with E-state index in [1.54, 1.807) is 0 Å². The van der Waals surface area contributed by atoms with E-state index in [2.05, 4.69) is 22.9 Å². The van der Waals surface area contributed by atoms with Crippen LogP contribution in [0.2, 0.25) is 0 Å². The van der Waals surface area contributed by atoms with E-state index in [9.17, 15) is 0 Å². The van der Waals surface area contributed by atoms with Gasteiger partial charge in [-0.25, -0.2) is 0 Å². The van der Waals surface area contributed by atoms with Crippen molar-refractivity contribution in [2.45, 2.75) is 33.6 Å². The van der Waals surface area contributed by atoms with Gasteiger partial charge in [0.15, 0.2) is 0 Å². The quantitative estimate of drug-likeness (QED) is 0.618. The van der Waals surface area contributed by atoms with Crippen LogP contribution in [0.5, 0.6) is 0 Å². The Labute approximate surface area is 109 Å². The molecule has 1 aromatic rings. The molecule has 0 atom stereocenters. The maximum atomic E-state index is 7.77. The van der Waals surface area contributed by atoms with Crippen LogP contribution in [0.25, 0.3) is 0 Å². The second-order valence-corrected chi connectivity index (χ2v) is 5.14. The molecule has 4 nitrogen and oxygen atoms in total. The van der Waals surface area contributed by atoms with Gasteiger partial charge in [0.1, 0.15) is 5.84 Å². The lowest BCUT2D eigenvalue weighted by Crippen LogP contribution is -2.29. The second-order valence-electron chi connectivity index (χ2n) is 5.14. The molecule has 2 rings (SSSR count). The Morgan fingerprint density at radius 1 is 1.50 bits per heavy atom.